The number of ether oxygens (including phenoxy) is 2. The number of sulfonamides is 1. The summed E-state index contributed by atoms with van der Waals surface area (Å²) in [5.74, 6) is -5.01. The Kier molecular flexibility index (Phi) is 7.61. The molecule has 1 fully saturated rings. The van der Waals surface area contributed by atoms with Gasteiger partial charge in [-0.25, -0.2) is 17.2 Å². The Balaban J connectivity index is 1.62. The molecule has 12 heteroatoms. The van der Waals surface area contributed by atoms with E-state index in [1.165, 1.54) is 24.3 Å². The van der Waals surface area contributed by atoms with Crippen molar-refractivity contribution in [2.45, 2.75) is 24.3 Å². The van der Waals surface area contributed by atoms with E-state index in [1.807, 2.05) is 11.9 Å². The minimum absolute atomic E-state index is 0.189. The lowest BCUT2D eigenvalue weighted by Crippen LogP contribution is -2.24. The van der Waals surface area contributed by atoms with Crippen molar-refractivity contribution in [2.24, 2.45) is 0 Å². The Morgan fingerprint density at radius 1 is 1.03 bits per heavy atom. The predicted octanol–water partition coefficient (Wildman–Crippen LogP) is 6.40. The SMILES string of the molecule is Cc1c(F)c(F)c(F)c(O[C@@H]2CCN(C)C2)c1NS(=O)(=O)c1ccc(Oc2cccc(Cl)c2Cl)cc1. The molecular weight excluding hydrogens is 540 g/mol. The quantitative estimate of drug-likeness (QED) is 0.339. The maximum absolute atomic E-state index is 14.7. The lowest BCUT2D eigenvalue weighted by Gasteiger charge is -2.21. The Hall–Kier alpha value is -2.66. The van der Waals surface area contributed by atoms with E-state index < -0.39 is 50.6 Å². The molecule has 0 aromatic heterocycles. The van der Waals surface area contributed by atoms with E-state index in [0.29, 0.717) is 19.5 Å². The lowest BCUT2D eigenvalue weighted by atomic mass is 10.1. The summed E-state index contributed by atoms with van der Waals surface area (Å²) < 4.78 is 82.8. The maximum atomic E-state index is 14.7. The zero-order valence-corrected chi connectivity index (χ0v) is 21.4. The molecule has 0 unspecified atom stereocenters. The van der Waals surface area contributed by atoms with Crippen molar-refractivity contribution in [3.8, 4) is 17.2 Å². The highest BCUT2D eigenvalue weighted by Crippen LogP contribution is 2.39. The van der Waals surface area contributed by atoms with Gasteiger partial charge in [-0.3, -0.25) is 4.72 Å². The first-order chi connectivity index (χ1) is 17.0. The number of hydrogen-bond acceptors (Lipinski definition) is 5. The van der Waals surface area contributed by atoms with E-state index in [-0.39, 0.29) is 26.4 Å². The molecule has 1 atom stereocenters. The van der Waals surface area contributed by atoms with Gasteiger partial charge in [-0.15, -0.1) is 0 Å². The summed E-state index contributed by atoms with van der Waals surface area (Å²) in [7, 11) is -2.53. The molecule has 36 heavy (non-hydrogen) atoms. The summed E-state index contributed by atoms with van der Waals surface area (Å²) in [5.41, 5.74) is -0.943. The van der Waals surface area contributed by atoms with Crippen molar-refractivity contribution >= 4 is 38.9 Å². The molecule has 0 saturated carbocycles. The number of likely N-dealkylation sites (N-methyl/N-ethyl adjacent to an activating group) is 1. The molecule has 4 rings (SSSR count). The Labute approximate surface area is 216 Å². The summed E-state index contributed by atoms with van der Waals surface area (Å²) in [4.78, 5) is 1.68. The van der Waals surface area contributed by atoms with Gasteiger partial charge in [0.15, 0.2) is 17.4 Å². The molecule has 6 nitrogen and oxygen atoms in total. The van der Waals surface area contributed by atoms with Crippen molar-refractivity contribution in [3.63, 3.8) is 0 Å². The van der Waals surface area contributed by atoms with Crippen molar-refractivity contribution < 1.29 is 31.1 Å². The summed E-state index contributed by atoms with van der Waals surface area (Å²) in [6.45, 7) is 2.21. The summed E-state index contributed by atoms with van der Waals surface area (Å²) >= 11 is 12.1. The zero-order chi connectivity index (χ0) is 26.2. The highest BCUT2D eigenvalue weighted by Gasteiger charge is 2.31. The van der Waals surface area contributed by atoms with Gasteiger partial charge in [-0.2, -0.15) is 4.39 Å². The highest BCUT2D eigenvalue weighted by molar-refractivity contribution is 7.92. The minimum Gasteiger partial charge on any atom is -0.484 e. The van der Waals surface area contributed by atoms with Crippen LogP contribution in [0.2, 0.25) is 10.0 Å². The second kappa shape index (κ2) is 10.4. The van der Waals surface area contributed by atoms with Crippen LogP contribution in [-0.4, -0.2) is 39.6 Å². The fourth-order valence-corrected chi connectivity index (χ4v) is 5.17. The fraction of sp³-hybridized carbons (Fsp3) is 0.250. The first-order valence-corrected chi connectivity index (χ1v) is 13.0. The lowest BCUT2D eigenvalue weighted by molar-refractivity contribution is 0.197. The highest BCUT2D eigenvalue weighted by atomic mass is 35.5. The third-order valence-corrected chi connectivity index (χ3v) is 7.83. The average Bonchev–Trinajstić information content (AvgIpc) is 3.26. The van der Waals surface area contributed by atoms with Crippen molar-refractivity contribution in [3.05, 3.63) is 75.5 Å². The van der Waals surface area contributed by atoms with Gasteiger partial charge in [0, 0.05) is 18.7 Å². The minimum atomic E-state index is -4.35. The largest absolute Gasteiger partial charge is 0.484 e. The molecule has 192 valence electrons. The number of anilines is 1. The normalized spacial score (nSPS) is 16.2. The third-order valence-electron chi connectivity index (χ3n) is 5.66. The molecule has 0 bridgehead atoms. The van der Waals surface area contributed by atoms with Crippen molar-refractivity contribution in [1.29, 1.82) is 0 Å². The number of likely N-dealkylation sites (tertiary alicyclic amines) is 1. The van der Waals surface area contributed by atoms with Crippen LogP contribution in [0.1, 0.15) is 12.0 Å². The molecule has 1 aliphatic rings. The van der Waals surface area contributed by atoms with E-state index in [2.05, 4.69) is 4.72 Å². The fourth-order valence-electron chi connectivity index (χ4n) is 3.71. The van der Waals surface area contributed by atoms with Gasteiger partial charge in [-0.1, -0.05) is 29.3 Å². The molecule has 0 spiro atoms. The van der Waals surface area contributed by atoms with Gasteiger partial charge in [0.05, 0.1) is 15.6 Å². The molecular formula is C24H21Cl2F3N2O4S. The maximum Gasteiger partial charge on any atom is 0.262 e. The van der Waals surface area contributed by atoms with E-state index in [0.717, 1.165) is 6.92 Å². The first kappa shape index (κ1) is 26.4. The second-order valence-corrected chi connectivity index (χ2v) is 10.8. The molecule has 0 aliphatic carbocycles. The van der Waals surface area contributed by atoms with Crippen LogP contribution in [0.15, 0.2) is 47.4 Å². The molecule has 3 aromatic rings. The molecule has 0 radical (unpaired) electrons. The van der Waals surface area contributed by atoms with Crippen molar-refractivity contribution in [1.82, 2.24) is 4.90 Å². The number of nitrogens with one attached hydrogen (secondary N) is 1. The average molecular weight is 561 g/mol. The van der Waals surface area contributed by atoms with Crippen LogP contribution in [0.5, 0.6) is 17.2 Å². The number of halogens is 5. The Morgan fingerprint density at radius 3 is 2.36 bits per heavy atom. The first-order valence-electron chi connectivity index (χ1n) is 10.7. The number of benzene rings is 3. The van der Waals surface area contributed by atoms with Gasteiger partial charge < -0.3 is 14.4 Å². The van der Waals surface area contributed by atoms with Gasteiger partial charge >= 0.3 is 0 Å². The Morgan fingerprint density at radius 2 is 1.72 bits per heavy atom. The van der Waals surface area contributed by atoms with Crippen LogP contribution in [-0.2, 0) is 10.0 Å². The predicted molar refractivity (Wildman–Crippen MR) is 131 cm³/mol. The standard InChI is InChI=1S/C24H21Cl2F3N2O4S/c1-13-20(27)21(28)22(29)24(35-15-10-11-31(2)12-15)23(13)30-36(32,33)16-8-6-14(7-9-16)34-18-5-3-4-17(25)19(18)26/h3-9,15,30H,10-12H2,1-2H3/t15-/m1/s1. The van der Waals surface area contributed by atoms with Gasteiger partial charge in [-0.05, 0) is 56.8 Å². The molecule has 1 heterocycles. The number of nitrogens with zero attached hydrogens (tertiary/aromatic N) is 1. The molecule has 3 aromatic carbocycles. The van der Waals surface area contributed by atoms with Crippen molar-refractivity contribution in [2.75, 3.05) is 24.9 Å². The molecule has 1 N–H and O–H groups in total. The third kappa shape index (κ3) is 5.36. The van der Waals surface area contributed by atoms with E-state index in [4.69, 9.17) is 32.7 Å². The Bertz CT molecular complexity index is 1410. The number of rotatable bonds is 7. The summed E-state index contributed by atoms with van der Waals surface area (Å²) in [6.07, 6.45) is -0.00934. The van der Waals surface area contributed by atoms with E-state index >= 15 is 0 Å². The van der Waals surface area contributed by atoms with Gasteiger partial charge in [0.2, 0.25) is 5.82 Å². The topological polar surface area (TPSA) is 67.9 Å². The second-order valence-electron chi connectivity index (χ2n) is 8.29. The van der Waals surface area contributed by atoms with Crippen LogP contribution in [0.25, 0.3) is 0 Å². The van der Waals surface area contributed by atoms with Gasteiger partial charge in [0.1, 0.15) is 22.6 Å². The molecule has 1 saturated heterocycles. The van der Waals surface area contributed by atoms with E-state index in [1.54, 1.807) is 18.2 Å². The van der Waals surface area contributed by atoms with Crippen LogP contribution in [0, 0.1) is 24.4 Å². The number of hydrogen-bond donors (Lipinski definition) is 1. The van der Waals surface area contributed by atoms with E-state index in [9.17, 15) is 21.6 Å². The van der Waals surface area contributed by atoms with Crippen LogP contribution >= 0.6 is 23.2 Å². The molecule has 0 amide bonds. The smallest absolute Gasteiger partial charge is 0.262 e. The summed E-state index contributed by atoms with van der Waals surface area (Å²) in [5, 5.41) is 0.475. The summed E-state index contributed by atoms with van der Waals surface area (Å²) in [6, 6.07) is 10.0. The van der Waals surface area contributed by atoms with Crippen LogP contribution in [0.3, 0.4) is 0 Å². The molecule has 1 aliphatic heterocycles. The monoisotopic (exact) mass is 560 g/mol. The van der Waals surface area contributed by atoms with Crippen LogP contribution in [0.4, 0.5) is 18.9 Å². The van der Waals surface area contributed by atoms with Gasteiger partial charge in [0.25, 0.3) is 10.0 Å². The van der Waals surface area contributed by atoms with Crippen LogP contribution < -0.4 is 14.2 Å². The zero-order valence-electron chi connectivity index (χ0n) is 19.1.